The van der Waals surface area contributed by atoms with Crippen LogP contribution in [0.2, 0.25) is 0 Å². The minimum absolute atomic E-state index is 0.0258. The van der Waals surface area contributed by atoms with Gasteiger partial charge >= 0.3 is 0 Å². The number of carbonyl (C=O) groups is 1. The largest absolute Gasteiger partial charge is 0.487 e. The molecule has 0 heterocycles. The summed E-state index contributed by atoms with van der Waals surface area (Å²) in [7, 11) is 0. The van der Waals surface area contributed by atoms with Gasteiger partial charge in [-0.25, -0.2) is 0 Å². The van der Waals surface area contributed by atoms with Crippen molar-refractivity contribution in [3.8, 4) is 17.2 Å². The van der Waals surface area contributed by atoms with E-state index in [0.717, 1.165) is 0 Å². The SMILES string of the molecule is O=Cc1cc(OCCOCCOCCOCCO)c(OCCOCCOCCOCCO)c(OCCOCCOCCOCCO)c1. The van der Waals surface area contributed by atoms with Gasteiger partial charge in [-0.05, 0) is 12.1 Å². The van der Waals surface area contributed by atoms with Crippen molar-refractivity contribution in [2.24, 2.45) is 0 Å². The molecule has 0 saturated carbocycles. The Kier molecular flexibility index (Phi) is 30.7. The van der Waals surface area contributed by atoms with Gasteiger partial charge in [-0.2, -0.15) is 0 Å². The van der Waals surface area contributed by atoms with Gasteiger partial charge in [-0.1, -0.05) is 0 Å². The molecular formula is C31H54O16. The monoisotopic (exact) mass is 682 g/mol. The van der Waals surface area contributed by atoms with E-state index in [2.05, 4.69) is 0 Å². The Balaban J connectivity index is 2.54. The summed E-state index contributed by atoms with van der Waals surface area (Å²) in [4.78, 5) is 11.7. The standard InChI is InChI=1S/C31H54O16/c32-1-4-36-7-10-39-13-16-42-19-22-45-29-25-28(27-35)26-30(46-23-20-43-17-14-40-11-8-37-5-2-33)31(29)47-24-21-44-18-15-41-12-9-38-6-3-34/h25-27,32-34H,1-24H2. The van der Waals surface area contributed by atoms with Crippen molar-refractivity contribution >= 4 is 6.29 Å². The lowest BCUT2D eigenvalue weighted by atomic mass is 10.2. The van der Waals surface area contributed by atoms with Crippen LogP contribution in [0.4, 0.5) is 0 Å². The van der Waals surface area contributed by atoms with Gasteiger partial charge in [0.2, 0.25) is 5.75 Å². The topological polar surface area (TPSA) is 189 Å². The van der Waals surface area contributed by atoms with Crippen molar-refractivity contribution in [1.29, 1.82) is 0 Å². The maximum atomic E-state index is 11.7. The van der Waals surface area contributed by atoms with Gasteiger partial charge in [0.1, 0.15) is 26.1 Å². The normalized spacial score (nSPS) is 11.2. The van der Waals surface area contributed by atoms with E-state index in [1.54, 1.807) is 12.1 Å². The molecule has 47 heavy (non-hydrogen) atoms. The summed E-state index contributed by atoms with van der Waals surface area (Å²) < 4.78 is 66.1. The third-order valence-electron chi connectivity index (χ3n) is 5.56. The van der Waals surface area contributed by atoms with Gasteiger partial charge in [0.05, 0.1) is 139 Å². The third-order valence-corrected chi connectivity index (χ3v) is 5.56. The van der Waals surface area contributed by atoms with Crippen LogP contribution in [0.3, 0.4) is 0 Å². The number of ether oxygens (including phenoxy) is 12. The summed E-state index contributed by atoms with van der Waals surface area (Å²) in [5, 5.41) is 26.1. The number of hydrogen-bond acceptors (Lipinski definition) is 16. The first kappa shape index (κ1) is 42.8. The summed E-state index contributed by atoms with van der Waals surface area (Å²) in [6.45, 7) is 6.70. The Morgan fingerprint density at radius 2 is 0.638 bits per heavy atom. The number of aliphatic hydroxyl groups excluding tert-OH is 3. The van der Waals surface area contributed by atoms with Crippen molar-refractivity contribution in [3.63, 3.8) is 0 Å². The molecule has 0 radical (unpaired) electrons. The van der Waals surface area contributed by atoms with Crippen LogP contribution >= 0.6 is 0 Å². The van der Waals surface area contributed by atoms with Crippen molar-refractivity contribution in [2.45, 2.75) is 0 Å². The highest BCUT2D eigenvalue weighted by atomic mass is 16.6. The molecule has 0 aliphatic rings. The van der Waals surface area contributed by atoms with Gasteiger partial charge in [-0.15, -0.1) is 0 Å². The van der Waals surface area contributed by atoms with Crippen LogP contribution < -0.4 is 14.2 Å². The van der Waals surface area contributed by atoms with Crippen LogP contribution in [0.15, 0.2) is 12.1 Å². The molecule has 0 unspecified atom stereocenters. The van der Waals surface area contributed by atoms with Gasteiger partial charge in [0.25, 0.3) is 0 Å². The molecule has 1 rings (SSSR count). The van der Waals surface area contributed by atoms with E-state index in [-0.39, 0.29) is 79.3 Å². The fourth-order valence-corrected chi connectivity index (χ4v) is 3.46. The molecule has 1 aromatic rings. The lowest BCUT2D eigenvalue weighted by molar-refractivity contribution is 0.00156. The quantitative estimate of drug-likeness (QED) is 0.0616. The van der Waals surface area contributed by atoms with Crippen LogP contribution in [0.25, 0.3) is 0 Å². The predicted octanol–water partition coefficient (Wildman–Crippen LogP) is -0.238. The maximum Gasteiger partial charge on any atom is 0.203 e. The number of rotatable bonds is 37. The number of hydrogen-bond donors (Lipinski definition) is 3. The van der Waals surface area contributed by atoms with E-state index < -0.39 is 0 Å². The second-order valence-electron chi connectivity index (χ2n) is 9.19. The molecule has 0 aromatic heterocycles. The Morgan fingerprint density at radius 1 is 0.383 bits per heavy atom. The molecule has 0 aliphatic heterocycles. The summed E-state index contributed by atoms with van der Waals surface area (Å²) in [5.74, 6) is 0.942. The number of benzene rings is 1. The lowest BCUT2D eigenvalue weighted by Crippen LogP contribution is -2.16. The zero-order valence-electron chi connectivity index (χ0n) is 27.4. The molecule has 16 nitrogen and oxygen atoms in total. The fourth-order valence-electron chi connectivity index (χ4n) is 3.46. The molecule has 0 spiro atoms. The van der Waals surface area contributed by atoms with Crippen LogP contribution in [0.5, 0.6) is 17.2 Å². The lowest BCUT2D eigenvalue weighted by Gasteiger charge is -2.18. The minimum atomic E-state index is -0.0263. The molecule has 0 fully saturated rings. The molecule has 274 valence electrons. The van der Waals surface area contributed by atoms with Gasteiger partial charge in [0, 0.05) is 5.56 Å². The second-order valence-corrected chi connectivity index (χ2v) is 9.19. The van der Waals surface area contributed by atoms with Gasteiger partial charge < -0.3 is 72.2 Å². The van der Waals surface area contributed by atoms with Crippen molar-refractivity contribution in [2.75, 3.05) is 159 Å². The molecule has 0 atom stereocenters. The second kappa shape index (κ2) is 33.7. The average Bonchev–Trinajstić information content (AvgIpc) is 3.09. The molecule has 16 heteroatoms. The number of aldehydes is 1. The van der Waals surface area contributed by atoms with Gasteiger partial charge in [-0.3, -0.25) is 4.79 Å². The number of carbonyl (C=O) groups excluding carboxylic acids is 1. The minimum Gasteiger partial charge on any atom is -0.487 e. The summed E-state index contributed by atoms with van der Waals surface area (Å²) in [5.41, 5.74) is 0.342. The average molecular weight is 683 g/mol. The fraction of sp³-hybridized carbons (Fsp3) is 0.774. The Bertz CT molecular complexity index is 784. The molecular weight excluding hydrogens is 628 g/mol. The van der Waals surface area contributed by atoms with E-state index in [4.69, 9.17) is 72.2 Å². The highest BCUT2D eigenvalue weighted by molar-refractivity contribution is 5.78. The van der Waals surface area contributed by atoms with Gasteiger partial charge in [0.15, 0.2) is 11.5 Å². The molecule has 0 bridgehead atoms. The summed E-state index contributed by atoms with van der Waals surface area (Å²) in [6.07, 6.45) is 0.692. The Hall–Kier alpha value is -2.19. The smallest absolute Gasteiger partial charge is 0.203 e. The molecule has 3 N–H and O–H groups in total. The number of aliphatic hydroxyl groups is 3. The van der Waals surface area contributed by atoms with Crippen LogP contribution in [-0.2, 0) is 42.6 Å². The highest BCUT2D eigenvalue weighted by Crippen LogP contribution is 2.38. The Morgan fingerprint density at radius 3 is 0.915 bits per heavy atom. The summed E-state index contributed by atoms with van der Waals surface area (Å²) in [6, 6.07) is 3.13. The van der Waals surface area contributed by atoms with Crippen LogP contribution in [0.1, 0.15) is 10.4 Å². The van der Waals surface area contributed by atoms with E-state index in [9.17, 15) is 4.79 Å². The zero-order chi connectivity index (χ0) is 33.9. The van der Waals surface area contributed by atoms with E-state index in [0.29, 0.717) is 108 Å². The predicted molar refractivity (Wildman–Crippen MR) is 167 cm³/mol. The summed E-state index contributed by atoms with van der Waals surface area (Å²) >= 11 is 0. The zero-order valence-corrected chi connectivity index (χ0v) is 27.4. The third kappa shape index (κ3) is 25.5. The van der Waals surface area contributed by atoms with Crippen LogP contribution in [-0.4, -0.2) is 180 Å². The molecule has 1 aromatic carbocycles. The first-order valence-corrected chi connectivity index (χ1v) is 15.8. The van der Waals surface area contributed by atoms with Crippen LogP contribution in [0, 0.1) is 0 Å². The van der Waals surface area contributed by atoms with E-state index in [1.807, 2.05) is 0 Å². The molecule has 0 saturated heterocycles. The van der Waals surface area contributed by atoms with Crippen molar-refractivity contribution < 1.29 is 77.0 Å². The maximum absolute atomic E-state index is 11.7. The van der Waals surface area contributed by atoms with Crippen molar-refractivity contribution in [1.82, 2.24) is 0 Å². The molecule has 0 amide bonds. The molecule has 0 aliphatic carbocycles. The van der Waals surface area contributed by atoms with Crippen molar-refractivity contribution in [3.05, 3.63) is 17.7 Å². The van der Waals surface area contributed by atoms with E-state index in [1.165, 1.54) is 0 Å². The first-order chi connectivity index (χ1) is 23.3. The first-order valence-electron chi connectivity index (χ1n) is 15.8. The van der Waals surface area contributed by atoms with E-state index >= 15 is 0 Å². The Labute approximate surface area is 276 Å². The highest BCUT2D eigenvalue weighted by Gasteiger charge is 2.16.